The average Bonchev–Trinajstić information content (AvgIpc) is 2.19. The lowest BCUT2D eigenvalue weighted by molar-refractivity contribution is 0.299. The van der Waals surface area contributed by atoms with Crippen molar-refractivity contribution in [1.29, 1.82) is 0 Å². The molecular formula is C16H22ClN. The molecule has 0 amide bonds. The van der Waals surface area contributed by atoms with Gasteiger partial charge in [0.25, 0.3) is 0 Å². The van der Waals surface area contributed by atoms with Crippen LogP contribution in [-0.2, 0) is 6.42 Å². The van der Waals surface area contributed by atoms with Crippen LogP contribution in [0.5, 0.6) is 0 Å². The minimum absolute atomic E-state index is 0.188. The van der Waals surface area contributed by atoms with Crippen molar-refractivity contribution in [2.75, 3.05) is 0 Å². The predicted molar refractivity (Wildman–Crippen MR) is 79.0 cm³/mol. The van der Waals surface area contributed by atoms with Crippen LogP contribution in [0.25, 0.3) is 0 Å². The molecule has 1 atom stereocenters. The molecule has 18 heavy (non-hydrogen) atoms. The van der Waals surface area contributed by atoms with Gasteiger partial charge < -0.3 is 5.73 Å². The monoisotopic (exact) mass is 263 g/mol. The number of nitrogens with two attached hydrogens (primary N) is 1. The Morgan fingerprint density at radius 3 is 2.72 bits per heavy atom. The number of aryl methyl sites for hydroxylation is 1. The van der Waals surface area contributed by atoms with Crippen LogP contribution in [0.2, 0.25) is 5.02 Å². The van der Waals surface area contributed by atoms with E-state index in [4.69, 9.17) is 17.3 Å². The molecule has 1 aliphatic carbocycles. The highest BCUT2D eigenvalue weighted by Crippen LogP contribution is 2.36. The fourth-order valence-electron chi connectivity index (χ4n) is 2.91. The maximum Gasteiger partial charge on any atom is 0.0443 e. The molecule has 0 spiro atoms. The summed E-state index contributed by atoms with van der Waals surface area (Å²) in [5.74, 6) is 0. The molecule has 2 heteroatoms. The number of halogens is 1. The van der Waals surface area contributed by atoms with E-state index >= 15 is 0 Å². The second-order valence-corrected chi connectivity index (χ2v) is 6.71. The summed E-state index contributed by atoms with van der Waals surface area (Å²) in [6, 6.07) is 6.47. The Hall–Kier alpha value is -0.790. The van der Waals surface area contributed by atoms with E-state index in [1.165, 1.54) is 16.7 Å². The Morgan fingerprint density at radius 1 is 1.39 bits per heavy atom. The summed E-state index contributed by atoms with van der Waals surface area (Å²) < 4.78 is 0. The zero-order valence-corrected chi connectivity index (χ0v) is 12.2. The van der Waals surface area contributed by atoms with Gasteiger partial charge in [0.15, 0.2) is 0 Å². The van der Waals surface area contributed by atoms with Crippen molar-refractivity contribution < 1.29 is 0 Å². The Kier molecular flexibility index (Phi) is 3.84. The molecule has 0 saturated heterocycles. The molecule has 1 unspecified atom stereocenters. The van der Waals surface area contributed by atoms with Crippen molar-refractivity contribution in [3.05, 3.63) is 46.0 Å². The van der Waals surface area contributed by atoms with Crippen molar-refractivity contribution in [3.63, 3.8) is 0 Å². The van der Waals surface area contributed by atoms with E-state index < -0.39 is 0 Å². The van der Waals surface area contributed by atoms with Crippen molar-refractivity contribution in [2.24, 2.45) is 11.1 Å². The van der Waals surface area contributed by atoms with Gasteiger partial charge in [-0.25, -0.2) is 0 Å². The molecular weight excluding hydrogens is 242 g/mol. The van der Waals surface area contributed by atoms with E-state index in [0.717, 1.165) is 24.3 Å². The summed E-state index contributed by atoms with van der Waals surface area (Å²) >= 11 is 6.30. The summed E-state index contributed by atoms with van der Waals surface area (Å²) in [5, 5.41) is 0.868. The van der Waals surface area contributed by atoms with Gasteiger partial charge in [0, 0.05) is 11.1 Å². The minimum atomic E-state index is 0.188. The first-order valence-electron chi connectivity index (χ1n) is 6.56. The second kappa shape index (κ2) is 5.07. The molecule has 0 aromatic heterocycles. The molecule has 2 rings (SSSR count). The van der Waals surface area contributed by atoms with Crippen LogP contribution in [0.1, 0.15) is 37.8 Å². The first kappa shape index (κ1) is 13.6. The summed E-state index contributed by atoms with van der Waals surface area (Å²) in [6.45, 7) is 6.64. The smallest absolute Gasteiger partial charge is 0.0443 e. The predicted octanol–water partition coefficient (Wildman–Crippen LogP) is 4.26. The highest BCUT2D eigenvalue weighted by atomic mass is 35.5. The van der Waals surface area contributed by atoms with Crippen LogP contribution < -0.4 is 5.73 Å². The third-order valence-corrected chi connectivity index (χ3v) is 3.92. The summed E-state index contributed by atoms with van der Waals surface area (Å²) in [5.41, 5.74) is 10.2. The van der Waals surface area contributed by atoms with Crippen LogP contribution in [0, 0.1) is 12.3 Å². The standard InChI is InChI=1S/C16H22ClN/c1-11-4-5-13(15(17)6-11)7-12-8-14(18)10-16(2,3)9-12/h4-6,8,14H,7,9-10,18H2,1-3H3. The lowest BCUT2D eigenvalue weighted by Crippen LogP contribution is -2.31. The highest BCUT2D eigenvalue weighted by molar-refractivity contribution is 6.31. The second-order valence-electron chi connectivity index (χ2n) is 6.31. The number of hydrogen-bond acceptors (Lipinski definition) is 1. The fraction of sp³-hybridized carbons (Fsp3) is 0.500. The lowest BCUT2D eigenvalue weighted by atomic mass is 9.74. The van der Waals surface area contributed by atoms with Gasteiger partial charge in [-0.3, -0.25) is 0 Å². The van der Waals surface area contributed by atoms with Crippen LogP contribution in [-0.4, -0.2) is 6.04 Å². The molecule has 1 aromatic carbocycles. The maximum atomic E-state index is 6.30. The Labute approximate surface area is 115 Å². The summed E-state index contributed by atoms with van der Waals surface area (Å²) in [6.07, 6.45) is 5.33. The van der Waals surface area contributed by atoms with Gasteiger partial charge in [-0.05, 0) is 48.8 Å². The zero-order valence-electron chi connectivity index (χ0n) is 11.5. The summed E-state index contributed by atoms with van der Waals surface area (Å²) in [4.78, 5) is 0. The third-order valence-electron chi connectivity index (χ3n) is 3.57. The van der Waals surface area contributed by atoms with E-state index in [9.17, 15) is 0 Å². The molecule has 0 heterocycles. The SMILES string of the molecule is Cc1ccc(CC2=CC(N)CC(C)(C)C2)c(Cl)c1. The highest BCUT2D eigenvalue weighted by Gasteiger charge is 2.26. The zero-order chi connectivity index (χ0) is 13.3. The van der Waals surface area contributed by atoms with E-state index in [0.29, 0.717) is 5.41 Å². The molecule has 0 aliphatic heterocycles. The van der Waals surface area contributed by atoms with E-state index in [1.54, 1.807) is 0 Å². The van der Waals surface area contributed by atoms with Crippen LogP contribution in [0.4, 0.5) is 0 Å². The molecule has 0 saturated carbocycles. The van der Waals surface area contributed by atoms with E-state index in [2.05, 4.69) is 39.0 Å². The molecule has 2 N–H and O–H groups in total. The Morgan fingerprint density at radius 2 is 2.11 bits per heavy atom. The number of allylic oxidation sites excluding steroid dienone is 1. The molecule has 1 nitrogen and oxygen atoms in total. The first-order chi connectivity index (χ1) is 8.35. The normalized spacial score (nSPS) is 22.7. The van der Waals surface area contributed by atoms with Crippen molar-refractivity contribution in [3.8, 4) is 0 Å². The number of rotatable bonds is 2. The Bertz CT molecular complexity index is 474. The van der Waals surface area contributed by atoms with Crippen molar-refractivity contribution in [1.82, 2.24) is 0 Å². The van der Waals surface area contributed by atoms with Crippen LogP contribution in [0.3, 0.4) is 0 Å². The molecule has 0 radical (unpaired) electrons. The molecule has 0 fully saturated rings. The van der Waals surface area contributed by atoms with Gasteiger partial charge in [0.1, 0.15) is 0 Å². The average molecular weight is 264 g/mol. The van der Waals surface area contributed by atoms with Gasteiger partial charge >= 0.3 is 0 Å². The van der Waals surface area contributed by atoms with Gasteiger partial charge in [-0.15, -0.1) is 0 Å². The summed E-state index contributed by atoms with van der Waals surface area (Å²) in [7, 11) is 0. The largest absolute Gasteiger partial charge is 0.324 e. The van der Waals surface area contributed by atoms with E-state index in [1.807, 2.05) is 6.07 Å². The van der Waals surface area contributed by atoms with Gasteiger partial charge in [0.2, 0.25) is 0 Å². The lowest BCUT2D eigenvalue weighted by Gasteiger charge is -2.33. The van der Waals surface area contributed by atoms with Crippen LogP contribution in [0.15, 0.2) is 29.8 Å². The van der Waals surface area contributed by atoms with Crippen molar-refractivity contribution in [2.45, 2.75) is 46.1 Å². The quantitative estimate of drug-likeness (QED) is 0.793. The van der Waals surface area contributed by atoms with Gasteiger partial charge in [-0.2, -0.15) is 0 Å². The fourth-order valence-corrected chi connectivity index (χ4v) is 3.21. The minimum Gasteiger partial charge on any atom is -0.324 e. The van der Waals surface area contributed by atoms with E-state index in [-0.39, 0.29) is 6.04 Å². The molecule has 1 aromatic rings. The Balaban J connectivity index is 2.18. The third kappa shape index (κ3) is 3.37. The number of hydrogen-bond donors (Lipinski definition) is 1. The van der Waals surface area contributed by atoms with Crippen molar-refractivity contribution >= 4 is 11.6 Å². The molecule has 98 valence electrons. The molecule has 1 aliphatic rings. The topological polar surface area (TPSA) is 26.0 Å². The number of benzene rings is 1. The van der Waals surface area contributed by atoms with Gasteiger partial charge in [-0.1, -0.05) is 49.2 Å². The maximum absolute atomic E-state index is 6.30. The van der Waals surface area contributed by atoms with Crippen LogP contribution >= 0.6 is 11.6 Å². The first-order valence-corrected chi connectivity index (χ1v) is 6.94. The van der Waals surface area contributed by atoms with Gasteiger partial charge in [0.05, 0.1) is 0 Å². The molecule has 0 bridgehead atoms.